The fraction of sp³-hybridized carbons (Fsp3) is 0.650. The third kappa shape index (κ3) is 51.1. The van der Waals surface area contributed by atoms with Crippen LogP contribution in [0.5, 0.6) is 0 Å². The lowest BCUT2D eigenvalue weighted by atomic mass is 10.1. The third-order valence-electron chi connectivity index (χ3n) is 11.2. The maximum Gasteiger partial charge on any atom is 0.306 e. The lowest BCUT2D eigenvalue weighted by Gasteiger charge is -2.18. The molecule has 6 nitrogen and oxygen atoms in total. The molecule has 66 heavy (non-hydrogen) atoms. The van der Waals surface area contributed by atoms with E-state index in [4.69, 9.17) is 14.2 Å². The van der Waals surface area contributed by atoms with E-state index in [2.05, 4.69) is 81.5 Å². The van der Waals surface area contributed by atoms with Crippen molar-refractivity contribution in [2.75, 3.05) is 13.2 Å². The van der Waals surface area contributed by atoms with Gasteiger partial charge in [0, 0.05) is 19.3 Å². The summed E-state index contributed by atoms with van der Waals surface area (Å²) in [6, 6.07) is 0. The number of allylic oxidation sites excluding steroid dienone is 18. The fourth-order valence-corrected chi connectivity index (χ4v) is 7.11. The summed E-state index contributed by atoms with van der Waals surface area (Å²) in [6.07, 6.45) is 72.1. The molecule has 0 aliphatic rings. The fourth-order valence-electron chi connectivity index (χ4n) is 7.11. The number of carbonyl (C=O) groups excluding carboxylic acids is 3. The van der Waals surface area contributed by atoms with Crippen LogP contribution in [0.2, 0.25) is 0 Å². The molecule has 0 aromatic heterocycles. The quantitative estimate of drug-likeness (QED) is 0.0199. The molecular formula is C60H98O6. The molecule has 0 fully saturated rings. The van der Waals surface area contributed by atoms with Crippen molar-refractivity contribution in [2.45, 2.75) is 239 Å². The van der Waals surface area contributed by atoms with Gasteiger partial charge >= 0.3 is 17.9 Å². The van der Waals surface area contributed by atoms with Crippen molar-refractivity contribution in [1.82, 2.24) is 0 Å². The summed E-state index contributed by atoms with van der Waals surface area (Å²) < 4.78 is 16.8. The first kappa shape index (κ1) is 62.1. The van der Waals surface area contributed by atoms with E-state index in [1.165, 1.54) is 96.3 Å². The SMILES string of the molecule is CC\C=C/C=C\C=C/C=C\C=C/CCCCCC(=O)OC(COC(=O)CCCCCCC\C=C/C=C\C=C/CCCCCCC)COC(=O)CCCCCCCCC/C=C\CCCCCC. The second-order valence-electron chi connectivity index (χ2n) is 17.6. The highest BCUT2D eigenvalue weighted by molar-refractivity contribution is 5.71. The Bertz CT molecular complexity index is 1370. The van der Waals surface area contributed by atoms with Crippen molar-refractivity contribution in [3.8, 4) is 0 Å². The number of esters is 3. The Balaban J connectivity index is 4.52. The van der Waals surface area contributed by atoms with E-state index >= 15 is 0 Å². The molecule has 0 heterocycles. The smallest absolute Gasteiger partial charge is 0.306 e. The van der Waals surface area contributed by atoms with Crippen LogP contribution in [0.4, 0.5) is 0 Å². The van der Waals surface area contributed by atoms with Crippen LogP contribution in [-0.2, 0) is 28.6 Å². The third-order valence-corrected chi connectivity index (χ3v) is 11.2. The van der Waals surface area contributed by atoms with Crippen molar-refractivity contribution >= 4 is 17.9 Å². The first-order valence-electron chi connectivity index (χ1n) is 27.0. The van der Waals surface area contributed by atoms with Crippen LogP contribution >= 0.6 is 0 Å². The highest BCUT2D eigenvalue weighted by Gasteiger charge is 2.19. The number of hydrogen-bond acceptors (Lipinski definition) is 6. The Morgan fingerprint density at radius 2 is 0.606 bits per heavy atom. The van der Waals surface area contributed by atoms with Crippen molar-refractivity contribution in [1.29, 1.82) is 0 Å². The molecule has 1 atom stereocenters. The molecule has 0 saturated heterocycles. The summed E-state index contributed by atoms with van der Waals surface area (Å²) in [5, 5.41) is 0. The van der Waals surface area contributed by atoms with E-state index in [0.717, 1.165) is 89.9 Å². The number of ether oxygens (including phenoxy) is 3. The second-order valence-corrected chi connectivity index (χ2v) is 17.6. The highest BCUT2D eigenvalue weighted by atomic mass is 16.6. The number of unbranched alkanes of at least 4 members (excludes halogenated alkanes) is 24. The van der Waals surface area contributed by atoms with Gasteiger partial charge in [-0.2, -0.15) is 0 Å². The predicted octanol–water partition coefficient (Wildman–Crippen LogP) is 17.9. The Morgan fingerprint density at radius 3 is 1.00 bits per heavy atom. The summed E-state index contributed by atoms with van der Waals surface area (Å²) in [7, 11) is 0. The van der Waals surface area contributed by atoms with Crippen LogP contribution in [0.3, 0.4) is 0 Å². The van der Waals surface area contributed by atoms with Crippen molar-refractivity contribution in [3.05, 3.63) is 109 Å². The highest BCUT2D eigenvalue weighted by Crippen LogP contribution is 2.13. The van der Waals surface area contributed by atoms with Crippen molar-refractivity contribution in [3.63, 3.8) is 0 Å². The predicted molar refractivity (Wildman–Crippen MR) is 283 cm³/mol. The van der Waals surface area contributed by atoms with Gasteiger partial charge in [-0.05, 0) is 89.9 Å². The Kier molecular flexibility index (Phi) is 50.5. The largest absolute Gasteiger partial charge is 0.462 e. The van der Waals surface area contributed by atoms with E-state index in [1.807, 2.05) is 48.6 Å². The average Bonchev–Trinajstić information content (AvgIpc) is 3.31. The standard InChI is InChI=1S/C60H98O6/c1-4-7-10-13-16-19-22-25-28-29-30-33-35-38-41-44-47-50-53-59(62)65-56-57(66-60(63)54-51-48-45-42-39-36-32-27-24-21-18-15-12-9-6-3)55-64-58(61)52-49-46-43-40-37-34-31-26-23-20-17-14-11-8-5-2/h9,12,15,18,20-25,27-30,32-33,36,39,57H,4-8,10-11,13-14,16-17,19,26,31,34-35,37-38,40-56H2,1-3H3/b12-9-,18-15-,23-20-,24-21-,25-22-,29-28-,32-27-,33-30-,39-36-. The van der Waals surface area contributed by atoms with Crippen LogP contribution in [0.1, 0.15) is 233 Å². The molecule has 0 rings (SSSR count). The monoisotopic (exact) mass is 915 g/mol. The van der Waals surface area contributed by atoms with Crippen LogP contribution in [-0.4, -0.2) is 37.2 Å². The van der Waals surface area contributed by atoms with Crippen molar-refractivity contribution < 1.29 is 28.6 Å². The van der Waals surface area contributed by atoms with Gasteiger partial charge in [0.2, 0.25) is 0 Å². The summed E-state index contributed by atoms with van der Waals surface area (Å²) >= 11 is 0. The van der Waals surface area contributed by atoms with E-state index in [0.29, 0.717) is 19.3 Å². The van der Waals surface area contributed by atoms with Gasteiger partial charge in [0.05, 0.1) is 0 Å². The molecule has 374 valence electrons. The van der Waals surface area contributed by atoms with Gasteiger partial charge < -0.3 is 14.2 Å². The summed E-state index contributed by atoms with van der Waals surface area (Å²) in [4.78, 5) is 38.1. The van der Waals surface area contributed by atoms with Crippen LogP contribution in [0.15, 0.2) is 109 Å². The van der Waals surface area contributed by atoms with E-state index in [1.54, 1.807) is 0 Å². The molecule has 0 aromatic carbocycles. The van der Waals surface area contributed by atoms with Crippen LogP contribution in [0.25, 0.3) is 0 Å². The molecule has 0 radical (unpaired) electrons. The number of carbonyl (C=O) groups is 3. The minimum absolute atomic E-state index is 0.106. The minimum atomic E-state index is -0.812. The summed E-state index contributed by atoms with van der Waals surface area (Å²) in [5.74, 6) is -0.976. The number of rotatable bonds is 47. The average molecular weight is 915 g/mol. The van der Waals surface area contributed by atoms with Crippen molar-refractivity contribution in [2.24, 2.45) is 0 Å². The zero-order chi connectivity index (χ0) is 47.9. The Morgan fingerprint density at radius 1 is 0.318 bits per heavy atom. The second kappa shape index (κ2) is 53.7. The molecule has 0 saturated carbocycles. The van der Waals surface area contributed by atoms with E-state index in [9.17, 15) is 14.4 Å². The zero-order valence-corrected chi connectivity index (χ0v) is 42.7. The normalized spacial score (nSPS) is 13.0. The zero-order valence-electron chi connectivity index (χ0n) is 42.7. The molecule has 6 heteroatoms. The molecule has 0 amide bonds. The maximum atomic E-state index is 12.8. The van der Waals surface area contributed by atoms with Gasteiger partial charge in [0.15, 0.2) is 6.10 Å². The molecule has 0 N–H and O–H groups in total. The molecular weight excluding hydrogens is 817 g/mol. The number of hydrogen-bond donors (Lipinski definition) is 0. The Labute approximate surface area is 406 Å². The molecule has 0 aromatic rings. The van der Waals surface area contributed by atoms with Crippen LogP contribution in [0, 0.1) is 0 Å². The van der Waals surface area contributed by atoms with E-state index < -0.39 is 6.10 Å². The first-order chi connectivity index (χ1) is 32.5. The molecule has 0 bridgehead atoms. The van der Waals surface area contributed by atoms with Crippen LogP contribution < -0.4 is 0 Å². The lowest BCUT2D eigenvalue weighted by molar-refractivity contribution is -0.167. The van der Waals surface area contributed by atoms with Gasteiger partial charge in [-0.1, -0.05) is 233 Å². The molecule has 0 aliphatic carbocycles. The van der Waals surface area contributed by atoms with Gasteiger partial charge in [0.1, 0.15) is 13.2 Å². The summed E-state index contributed by atoms with van der Waals surface area (Å²) in [5.41, 5.74) is 0. The Hall–Kier alpha value is -3.93. The lowest BCUT2D eigenvalue weighted by Crippen LogP contribution is -2.30. The molecule has 1 unspecified atom stereocenters. The van der Waals surface area contributed by atoms with E-state index in [-0.39, 0.29) is 37.5 Å². The summed E-state index contributed by atoms with van der Waals surface area (Å²) in [6.45, 7) is 6.40. The van der Waals surface area contributed by atoms with Gasteiger partial charge in [-0.3, -0.25) is 14.4 Å². The van der Waals surface area contributed by atoms with Gasteiger partial charge in [0.25, 0.3) is 0 Å². The van der Waals surface area contributed by atoms with Gasteiger partial charge in [-0.15, -0.1) is 0 Å². The van der Waals surface area contributed by atoms with Gasteiger partial charge in [-0.25, -0.2) is 0 Å². The maximum absolute atomic E-state index is 12.8. The first-order valence-corrected chi connectivity index (χ1v) is 27.0. The molecule has 0 spiro atoms. The minimum Gasteiger partial charge on any atom is -0.462 e. The topological polar surface area (TPSA) is 78.9 Å². The molecule has 0 aliphatic heterocycles.